The van der Waals surface area contributed by atoms with E-state index < -0.39 is 31.7 Å². The summed E-state index contributed by atoms with van der Waals surface area (Å²) in [6.45, 7) is 3.62. The van der Waals surface area contributed by atoms with Gasteiger partial charge in [-0.3, -0.25) is 14.3 Å². The monoisotopic (exact) mass is 454 g/mol. The van der Waals surface area contributed by atoms with Gasteiger partial charge in [0.1, 0.15) is 6.73 Å². The number of benzene rings is 1. The number of ether oxygens (including phenoxy) is 2. The number of rotatable bonds is 11. The van der Waals surface area contributed by atoms with E-state index in [1.54, 1.807) is 13.8 Å². The van der Waals surface area contributed by atoms with Gasteiger partial charge < -0.3 is 9.47 Å². The zero-order valence-corrected chi connectivity index (χ0v) is 18.4. The number of halogens is 1. The highest BCUT2D eigenvalue weighted by atomic mass is 32.2. The number of sulfone groups is 1. The SMILES string of the molecule is CC(C)(c1ccc(F)c(OCC2CC2)c1)S(=O)(=O)CCCOCn1ccc(=O)[nH]c1=O. The van der Waals surface area contributed by atoms with Crippen molar-refractivity contribution in [3.05, 3.63) is 62.7 Å². The largest absolute Gasteiger partial charge is 0.490 e. The second-order valence-corrected chi connectivity index (χ2v) is 10.9. The molecule has 0 saturated heterocycles. The second kappa shape index (κ2) is 9.35. The van der Waals surface area contributed by atoms with Crippen molar-refractivity contribution in [1.29, 1.82) is 0 Å². The molecule has 3 rings (SSSR count). The van der Waals surface area contributed by atoms with E-state index in [-0.39, 0.29) is 31.3 Å². The van der Waals surface area contributed by atoms with Crippen LogP contribution in [-0.2, 0) is 26.1 Å². The molecule has 0 amide bonds. The van der Waals surface area contributed by atoms with Gasteiger partial charge in [0.25, 0.3) is 5.56 Å². The third kappa shape index (κ3) is 5.82. The summed E-state index contributed by atoms with van der Waals surface area (Å²) < 4.78 is 50.8. The van der Waals surface area contributed by atoms with E-state index in [9.17, 15) is 22.4 Å². The predicted octanol–water partition coefficient (Wildman–Crippen LogP) is 2.18. The van der Waals surface area contributed by atoms with E-state index in [2.05, 4.69) is 4.98 Å². The van der Waals surface area contributed by atoms with Crippen LogP contribution in [0.2, 0.25) is 0 Å². The Morgan fingerprint density at radius 3 is 2.65 bits per heavy atom. The van der Waals surface area contributed by atoms with Crippen molar-refractivity contribution in [3.8, 4) is 5.75 Å². The molecule has 0 aliphatic heterocycles. The van der Waals surface area contributed by atoms with Crippen LogP contribution in [0.5, 0.6) is 5.75 Å². The standard InChI is InChI=1S/C21H27FN2O6S/c1-21(2,16-6-7-17(22)18(12-16)30-13-15-4-5-15)31(27,28)11-3-10-29-14-24-9-8-19(25)23-20(24)26/h6-9,12,15H,3-5,10-11,13-14H2,1-2H3,(H,23,25,26). The van der Waals surface area contributed by atoms with Crippen LogP contribution in [0, 0.1) is 11.7 Å². The molecule has 8 nitrogen and oxygen atoms in total. The highest BCUT2D eigenvalue weighted by Crippen LogP contribution is 2.35. The van der Waals surface area contributed by atoms with Crippen LogP contribution >= 0.6 is 0 Å². The van der Waals surface area contributed by atoms with Crippen LogP contribution in [0.1, 0.15) is 38.7 Å². The summed E-state index contributed by atoms with van der Waals surface area (Å²) in [6, 6.07) is 5.37. The van der Waals surface area contributed by atoms with E-state index >= 15 is 0 Å². The van der Waals surface area contributed by atoms with Gasteiger partial charge in [0.2, 0.25) is 0 Å². The lowest BCUT2D eigenvalue weighted by molar-refractivity contribution is 0.0744. The molecule has 1 aromatic carbocycles. The average Bonchev–Trinajstić information content (AvgIpc) is 3.52. The molecule has 1 aliphatic rings. The van der Waals surface area contributed by atoms with Gasteiger partial charge in [0.05, 0.1) is 17.1 Å². The summed E-state index contributed by atoms with van der Waals surface area (Å²) in [5, 5.41) is 0. The van der Waals surface area contributed by atoms with Crippen molar-refractivity contribution in [2.45, 2.75) is 44.6 Å². The fourth-order valence-electron chi connectivity index (χ4n) is 2.98. The van der Waals surface area contributed by atoms with Crippen LogP contribution in [0.3, 0.4) is 0 Å². The van der Waals surface area contributed by atoms with E-state index in [0.717, 1.165) is 12.8 Å². The molecule has 1 saturated carbocycles. The average molecular weight is 455 g/mol. The third-order valence-corrected chi connectivity index (χ3v) is 8.02. The molecular formula is C21H27FN2O6S. The first-order valence-electron chi connectivity index (χ1n) is 10.1. The van der Waals surface area contributed by atoms with Crippen molar-refractivity contribution in [2.75, 3.05) is 19.0 Å². The van der Waals surface area contributed by atoms with Gasteiger partial charge in [0, 0.05) is 18.9 Å². The van der Waals surface area contributed by atoms with Crippen LogP contribution in [0.4, 0.5) is 4.39 Å². The number of aromatic nitrogens is 2. The summed E-state index contributed by atoms with van der Waals surface area (Å²) in [7, 11) is -3.59. The molecular weight excluding hydrogens is 427 g/mol. The van der Waals surface area contributed by atoms with E-state index in [4.69, 9.17) is 9.47 Å². The summed E-state index contributed by atoms with van der Waals surface area (Å²) in [5.41, 5.74) is -0.644. The molecule has 31 heavy (non-hydrogen) atoms. The Kier molecular flexibility index (Phi) is 7.00. The van der Waals surface area contributed by atoms with Gasteiger partial charge in [0.15, 0.2) is 21.4 Å². The van der Waals surface area contributed by atoms with Crippen molar-refractivity contribution in [3.63, 3.8) is 0 Å². The van der Waals surface area contributed by atoms with Crippen LogP contribution < -0.4 is 16.0 Å². The summed E-state index contributed by atoms with van der Waals surface area (Å²) in [6.07, 6.45) is 3.66. The maximum Gasteiger partial charge on any atom is 0.330 e. The number of nitrogens with zero attached hydrogens (tertiary/aromatic N) is 1. The molecule has 0 atom stereocenters. The van der Waals surface area contributed by atoms with Crippen molar-refractivity contribution >= 4 is 9.84 Å². The smallest absolute Gasteiger partial charge is 0.330 e. The molecule has 1 fully saturated rings. The van der Waals surface area contributed by atoms with Gasteiger partial charge >= 0.3 is 5.69 Å². The minimum absolute atomic E-state index is 0.0716. The third-order valence-electron chi connectivity index (χ3n) is 5.40. The normalized spacial score (nSPS) is 14.5. The number of nitrogens with one attached hydrogen (secondary N) is 1. The lowest BCUT2D eigenvalue weighted by Gasteiger charge is -2.26. The Labute approximate surface area is 179 Å². The highest BCUT2D eigenvalue weighted by molar-refractivity contribution is 7.92. The topological polar surface area (TPSA) is 107 Å². The van der Waals surface area contributed by atoms with Crippen molar-refractivity contribution in [2.24, 2.45) is 5.92 Å². The molecule has 0 radical (unpaired) electrons. The minimum Gasteiger partial charge on any atom is -0.490 e. The first kappa shape index (κ1) is 23.2. The molecule has 2 aromatic rings. The quantitative estimate of drug-likeness (QED) is 0.522. The molecule has 0 spiro atoms. The number of H-pyrrole nitrogens is 1. The first-order chi connectivity index (χ1) is 14.6. The van der Waals surface area contributed by atoms with Gasteiger partial charge in [-0.25, -0.2) is 17.6 Å². The zero-order chi connectivity index (χ0) is 22.6. The molecule has 1 N–H and O–H groups in total. The maximum atomic E-state index is 14.1. The molecule has 0 unspecified atom stereocenters. The predicted molar refractivity (Wildman–Crippen MR) is 113 cm³/mol. The van der Waals surface area contributed by atoms with Crippen LogP contribution in [-0.4, -0.2) is 36.9 Å². The van der Waals surface area contributed by atoms with Gasteiger partial charge in [-0.05, 0) is 56.7 Å². The number of aromatic amines is 1. The summed E-state index contributed by atoms with van der Waals surface area (Å²) in [5.74, 6) is -0.131. The number of hydrogen-bond acceptors (Lipinski definition) is 6. The Morgan fingerprint density at radius 1 is 1.23 bits per heavy atom. The zero-order valence-electron chi connectivity index (χ0n) is 17.6. The molecule has 1 aromatic heterocycles. The Hall–Kier alpha value is -2.46. The molecule has 1 heterocycles. The van der Waals surface area contributed by atoms with Gasteiger partial charge in [-0.15, -0.1) is 0 Å². The maximum absolute atomic E-state index is 14.1. The Morgan fingerprint density at radius 2 is 1.97 bits per heavy atom. The minimum atomic E-state index is -3.59. The first-order valence-corrected chi connectivity index (χ1v) is 11.8. The Bertz CT molecular complexity index is 1140. The Balaban J connectivity index is 1.57. The van der Waals surface area contributed by atoms with Crippen molar-refractivity contribution in [1.82, 2.24) is 9.55 Å². The lowest BCUT2D eigenvalue weighted by atomic mass is 10.0. The number of hydrogen-bond donors (Lipinski definition) is 1. The summed E-state index contributed by atoms with van der Waals surface area (Å²) >= 11 is 0. The van der Waals surface area contributed by atoms with E-state index in [0.29, 0.717) is 18.1 Å². The van der Waals surface area contributed by atoms with Crippen molar-refractivity contribution < 1.29 is 22.3 Å². The molecule has 1 aliphatic carbocycles. The van der Waals surface area contributed by atoms with Gasteiger partial charge in [-0.2, -0.15) is 0 Å². The van der Waals surface area contributed by atoms with E-state index in [1.165, 1.54) is 35.0 Å². The van der Waals surface area contributed by atoms with E-state index in [1.807, 2.05) is 0 Å². The fraction of sp³-hybridized carbons (Fsp3) is 0.524. The van der Waals surface area contributed by atoms with Crippen LogP contribution in [0.15, 0.2) is 40.1 Å². The summed E-state index contributed by atoms with van der Waals surface area (Å²) in [4.78, 5) is 24.7. The van der Waals surface area contributed by atoms with Gasteiger partial charge in [-0.1, -0.05) is 6.07 Å². The van der Waals surface area contributed by atoms with Crippen LogP contribution in [0.25, 0.3) is 0 Å². The molecule has 10 heteroatoms. The molecule has 170 valence electrons. The highest BCUT2D eigenvalue weighted by Gasteiger charge is 2.36. The second-order valence-electron chi connectivity index (χ2n) is 8.20. The fourth-order valence-corrected chi connectivity index (χ4v) is 4.47. The lowest BCUT2D eigenvalue weighted by Crippen LogP contribution is -2.32. The molecule has 0 bridgehead atoms.